The van der Waals surface area contributed by atoms with Crippen LogP contribution >= 0.6 is 0 Å². The molecule has 0 aromatic carbocycles. The number of ether oxygens (including phenoxy) is 1. The van der Waals surface area contributed by atoms with E-state index in [2.05, 4.69) is 6.07 Å². The molecule has 0 fully saturated rings. The van der Waals surface area contributed by atoms with Gasteiger partial charge in [-0.25, -0.2) is 0 Å². The van der Waals surface area contributed by atoms with Gasteiger partial charge >= 0.3 is 6.09 Å². The number of hydrogen-bond donors (Lipinski definition) is 0. The van der Waals surface area contributed by atoms with Crippen molar-refractivity contribution in [3.05, 3.63) is 0 Å². The predicted octanol–water partition coefficient (Wildman–Crippen LogP) is 2.33. The van der Waals surface area contributed by atoms with Gasteiger partial charge in [0, 0.05) is 19.8 Å². The number of hydrogen-bond acceptors (Lipinski definition) is 3. The Morgan fingerprint density at radius 1 is 1.56 bits per heavy atom. The van der Waals surface area contributed by atoms with Crippen LogP contribution < -0.4 is 0 Å². The summed E-state index contributed by atoms with van der Waals surface area (Å²) < 4.78 is 6.94. The topological polar surface area (TPSA) is 53.1 Å². The van der Waals surface area contributed by atoms with Gasteiger partial charge in [0.2, 0.25) is 0 Å². The van der Waals surface area contributed by atoms with Crippen molar-refractivity contribution >= 4 is 11.8 Å². The van der Waals surface area contributed by atoms with Gasteiger partial charge in [0.1, 0.15) is 5.60 Å². The number of rotatable bonds is 0. The molecule has 0 radical (unpaired) electrons. The van der Waals surface area contributed by atoms with Crippen molar-refractivity contribution < 1.29 is 14.1 Å². The molecule has 88 valence electrons. The molecule has 1 heterocycles. The highest BCUT2D eigenvalue weighted by molar-refractivity contribution is 5.82. The van der Waals surface area contributed by atoms with E-state index in [1.807, 2.05) is 27.7 Å². The fourth-order valence-corrected chi connectivity index (χ4v) is 1.72. The van der Waals surface area contributed by atoms with Crippen LogP contribution in [0.25, 0.3) is 0 Å². The lowest BCUT2D eigenvalue weighted by Crippen LogP contribution is -2.37. The molecule has 4 nitrogen and oxygen atoms in total. The summed E-state index contributed by atoms with van der Waals surface area (Å²) in [6.45, 7) is 8.01. The van der Waals surface area contributed by atoms with Gasteiger partial charge in [-0.05, 0) is 20.8 Å². The molecule has 0 aromatic heterocycles. The van der Waals surface area contributed by atoms with Crippen LogP contribution in [0.15, 0.2) is 0 Å². The predicted molar refractivity (Wildman–Crippen MR) is 60.4 cm³/mol. The minimum absolute atomic E-state index is 0.0405. The van der Waals surface area contributed by atoms with Gasteiger partial charge in [0.05, 0.1) is 12.0 Å². The van der Waals surface area contributed by atoms with Crippen LogP contribution in [-0.4, -0.2) is 28.5 Å². The minimum atomic E-state index is -0.469. The number of carbonyl (C=O) groups is 1. The maximum atomic E-state index is 11.8. The van der Waals surface area contributed by atoms with Crippen molar-refractivity contribution in [3.8, 4) is 6.07 Å². The molecule has 0 aliphatic carbocycles. The smallest absolute Gasteiger partial charge is 0.406 e. The quantitative estimate of drug-likeness (QED) is 0.592. The molecular weight excluding hydrogens is 204 g/mol. The Bertz CT molecular complexity index is 358. The van der Waals surface area contributed by atoms with Crippen LogP contribution in [0.3, 0.4) is 0 Å². The zero-order chi connectivity index (χ0) is 12.3. The molecule has 0 bridgehead atoms. The van der Waals surface area contributed by atoms with Crippen LogP contribution in [0.5, 0.6) is 0 Å². The zero-order valence-corrected chi connectivity index (χ0v) is 10.4. The first-order chi connectivity index (χ1) is 7.33. The lowest BCUT2D eigenvalue weighted by atomic mass is 9.97. The third-order valence-electron chi connectivity index (χ3n) is 2.50. The Balaban J connectivity index is 2.75. The first-order valence-corrected chi connectivity index (χ1v) is 5.56. The van der Waals surface area contributed by atoms with E-state index in [4.69, 9.17) is 10.00 Å². The summed E-state index contributed by atoms with van der Waals surface area (Å²) in [5.74, 6) is 0.0405. The molecule has 1 unspecified atom stereocenters. The summed E-state index contributed by atoms with van der Waals surface area (Å²) in [6.07, 6.45) is 1.09. The summed E-state index contributed by atoms with van der Waals surface area (Å²) >= 11 is 0. The average molecular weight is 223 g/mol. The number of nitrogens with zero attached hydrogens (tertiary/aromatic N) is 2. The maximum Gasteiger partial charge on any atom is 0.596 e. The molecule has 0 spiro atoms. The van der Waals surface area contributed by atoms with Crippen molar-refractivity contribution in [2.24, 2.45) is 5.92 Å². The number of amides is 1. The molecule has 1 aliphatic rings. The van der Waals surface area contributed by atoms with E-state index in [0.29, 0.717) is 13.0 Å². The molecule has 0 saturated carbocycles. The largest absolute Gasteiger partial charge is 0.596 e. The fraction of sp³-hybridized carbons (Fsp3) is 0.750. The van der Waals surface area contributed by atoms with Crippen molar-refractivity contribution in [1.29, 1.82) is 5.26 Å². The highest BCUT2D eigenvalue weighted by Crippen LogP contribution is 2.16. The van der Waals surface area contributed by atoms with Gasteiger partial charge in [-0.1, -0.05) is 0 Å². The van der Waals surface area contributed by atoms with E-state index >= 15 is 0 Å². The van der Waals surface area contributed by atoms with E-state index < -0.39 is 5.60 Å². The molecule has 0 saturated heterocycles. The Hall–Kier alpha value is -1.37. The Labute approximate surface area is 96.5 Å². The molecule has 1 aliphatic heterocycles. The molecule has 4 heteroatoms. The second-order valence-corrected chi connectivity index (χ2v) is 5.19. The van der Waals surface area contributed by atoms with Crippen LogP contribution in [-0.2, 0) is 4.74 Å². The van der Waals surface area contributed by atoms with Gasteiger partial charge in [-0.3, -0.25) is 0 Å². The average Bonchev–Trinajstić information content (AvgIpc) is 2.14. The normalized spacial score (nSPS) is 21.6. The van der Waals surface area contributed by atoms with Crippen molar-refractivity contribution in [2.45, 2.75) is 46.1 Å². The van der Waals surface area contributed by atoms with Gasteiger partial charge in [0.15, 0.2) is 12.3 Å². The van der Waals surface area contributed by atoms with E-state index in [9.17, 15) is 4.79 Å². The molecular formula is C12H19N2O2+. The van der Waals surface area contributed by atoms with E-state index in [1.54, 1.807) is 4.58 Å². The first-order valence-electron chi connectivity index (χ1n) is 5.56. The highest BCUT2D eigenvalue weighted by atomic mass is 16.6. The van der Waals surface area contributed by atoms with Crippen LogP contribution in [0.2, 0.25) is 0 Å². The van der Waals surface area contributed by atoms with E-state index in [1.165, 1.54) is 0 Å². The van der Waals surface area contributed by atoms with Crippen LogP contribution in [0, 0.1) is 17.2 Å². The first kappa shape index (κ1) is 12.7. The molecule has 0 N–H and O–H groups in total. The lowest BCUT2D eigenvalue weighted by Gasteiger charge is -2.19. The molecule has 1 rings (SSSR count). The molecule has 0 aromatic rings. The standard InChI is InChI=1S/C12H19N2O2/c1-9-7-10(8-13)5-6-14(9)11(15)16-12(2,3)4/h10H,5-7H2,1-4H3/q+1. The zero-order valence-electron chi connectivity index (χ0n) is 10.4. The van der Waals surface area contributed by atoms with Crippen LogP contribution in [0.4, 0.5) is 4.79 Å². The van der Waals surface area contributed by atoms with Gasteiger partial charge in [0.25, 0.3) is 0 Å². The van der Waals surface area contributed by atoms with Crippen molar-refractivity contribution in [1.82, 2.24) is 0 Å². The number of carbonyl (C=O) groups excluding carboxylic acids is 1. The SMILES string of the molecule is CC1=[N+](C(=O)OC(C)(C)C)CCC(C#N)C1. The van der Waals surface area contributed by atoms with E-state index in [-0.39, 0.29) is 12.0 Å². The monoisotopic (exact) mass is 223 g/mol. The summed E-state index contributed by atoms with van der Waals surface area (Å²) in [5, 5.41) is 8.82. The summed E-state index contributed by atoms with van der Waals surface area (Å²) in [7, 11) is 0. The Morgan fingerprint density at radius 2 is 2.19 bits per heavy atom. The second kappa shape index (κ2) is 4.65. The Kier molecular flexibility index (Phi) is 3.69. The highest BCUT2D eigenvalue weighted by Gasteiger charge is 2.33. The van der Waals surface area contributed by atoms with Crippen molar-refractivity contribution in [2.75, 3.05) is 6.54 Å². The van der Waals surface area contributed by atoms with Gasteiger partial charge < -0.3 is 4.74 Å². The van der Waals surface area contributed by atoms with Gasteiger partial charge in [-0.15, -0.1) is 4.58 Å². The molecule has 16 heavy (non-hydrogen) atoms. The summed E-state index contributed by atoms with van der Waals surface area (Å²) in [5.41, 5.74) is 0.454. The third-order valence-corrected chi connectivity index (χ3v) is 2.50. The maximum absolute atomic E-state index is 11.8. The minimum Gasteiger partial charge on any atom is -0.406 e. The van der Waals surface area contributed by atoms with E-state index in [0.717, 1.165) is 12.1 Å². The third kappa shape index (κ3) is 3.34. The summed E-state index contributed by atoms with van der Waals surface area (Å²) in [6, 6.07) is 2.24. The summed E-state index contributed by atoms with van der Waals surface area (Å²) in [4.78, 5) is 11.8. The van der Waals surface area contributed by atoms with Gasteiger partial charge in [-0.2, -0.15) is 10.1 Å². The number of nitriles is 1. The second-order valence-electron chi connectivity index (χ2n) is 5.19. The molecule has 1 atom stereocenters. The van der Waals surface area contributed by atoms with Crippen molar-refractivity contribution in [3.63, 3.8) is 0 Å². The fourth-order valence-electron chi connectivity index (χ4n) is 1.72. The van der Waals surface area contributed by atoms with Crippen LogP contribution in [0.1, 0.15) is 40.5 Å². The Morgan fingerprint density at radius 3 is 2.62 bits per heavy atom. The lowest BCUT2D eigenvalue weighted by molar-refractivity contribution is -0.458. The molecule has 1 amide bonds.